The average Bonchev–Trinajstić information content (AvgIpc) is 2.96. The molecule has 0 fully saturated rings. The summed E-state index contributed by atoms with van der Waals surface area (Å²) in [6.07, 6.45) is 3.95. The van der Waals surface area contributed by atoms with Crippen molar-refractivity contribution in [1.82, 2.24) is 15.0 Å². The number of nitrogens with zero attached hydrogens (tertiary/aromatic N) is 3. The Morgan fingerprint density at radius 3 is 2.71 bits per heavy atom. The lowest BCUT2D eigenvalue weighted by atomic mass is 10.2. The molecule has 0 spiro atoms. The minimum absolute atomic E-state index is 0.321. The molecule has 0 amide bonds. The van der Waals surface area contributed by atoms with E-state index in [0.29, 0.717) is 5.95 Å². The number of thiophene rings is 1. The molecule has 0 atom stereocenters. The zero-order valence-electron chi connectivity index (χ0n) is 12.0. The Morgan fingerprint density at radius 2 is 2.00 bits per heavy atom. The second-order valence-electron chi connectivity index (χ2n) is 4.67. The van der Waals surface area contributed by atoms with Crippen molar-refractivity contribution < 1.29 is 0 Å². The number of nitrogen functional groups attached to an aromatic ring is 1. The third-order valence-corrected chi connectivity index (χ3v) is 5.34. The molecule has 0 aliphatic rings. The summed E-state index contributed by atoms with van der Waals surface area (Å²) in [5.74, 6) is 0.321. The van der Waals surface area contributed by atoms with Gasteiger partial charge in [0.1, 0.15) is 5.52 Å². The summed E-state index contributed by atoms with van der Waals surface area (Å²) in [6, 6.07) is 8.22. The molecular formula is C15H16N4S2. The summed E-state index contributed by atoms with van der Waals surface area (Å²) < 4.78 is 1.29. The van der Waals surface area contributed by atoms with Gasteiger partial charge in [0.2, 0.25) is 5.95 Å². The van der Waals surface area contributed by atoms with Gasteiger partial charge in [-0.3, -0.25) is 0 Å². The maximum Gasteiger partial charge on any atom is 0.220 e. The zero-order chi connectivity index (χ0) is 14.8. The third-order valence-electron chi connectivity index (χ3n) is 3.15. The highest BCUT2D eigenvalue weighted by atomic mass is 32.2. The second-order valence-corrected chi connectivity index (χ2v) is 6.86. The van der Waals surface area contributed by atoms with Crippen LogP contribution in [0.25, 0.3) is 21.6 Å². The molecule has 0 aliphatic heterocycles. The van der Waals surface area contributed by atoms with Crippen LogP contribution in [-0.4, -0.2) is 21.2 Å². The predicted octanol–water partition coefficient (Wildman–Crippen LogP) is 4.01. The van der Waals surface area contributed by atoms with Crippen LogP contribution in [0.15, 0.2) is 28.5 Å². The molecule has 2 N–H and O–H groups in total. The molecule has 4 nitrogen and oxygen atoms in total. The van der Waals surface area contributed by atoms with Gasteiger partial charge in [-0.2, -0.15) is 0 Å². The predicted molar refractivity (Wildman–Crippen MR) is 90.8 cm³/mol. The normalized spacial score (nSPS) is 11.1. The average molecular weight is 316 g/mol. The first-order valence-corrected chi connectivity index (χ1v) is 8.82. The van der Waals surface area contributed by atoms with Crippen molar-refractivity contribution in [2.45, 2.75) is 24.0 Å². The summed E-state index contributed by atoms with van der Waals surface area (Å²) in [4.78, 5) is 14.6. The molecule has 0 radical (unpaired) electrons. The fourth-order valence-corrected chi connectivity index (χ4v) is 3.72. The van der Waals surface area contributed by atoms with E-state index in [1.807, 2.05) is 12.1 Å². The van der Waals surface area contributed by atoms with Gasteiger partial charge in [0.15, 0.2) is 0 Å². The van der Waals surface area contributed by atoms with Crippen LogP contribution in [0.2, 0.25) is 0 Å². The fourth-order valence-electron chi connectivity index (χ4n) is 2.21. The van der Waals surface area contributed by atoms with Gasteiger partial charge in [-0.15, -0.1) is 23.1 Å². The highest BCUT2D eigenvalue weighted by molar-refractivity contribution is 8.00. The van der Waals surface area contributed by atoms with E-state index in [9.17, 15) is 0 Å². The van der Waals surface area contributed by atoms with E-state index in [0.717, 1.165) is 35.3 Å². The molecule has 0 saturated carbocycles. The van der Waals surface area contributed by atoms with E-state index in [1.54, 1.807) is 23.1 Å². The molecule has 3 aromatic heterocycles. The molecule has 0 saturated heterocycles. The summed E-state index contributed by atoms with van der Waals surface area (Å²) in [6.45, 7) is 2.12. The van der Waals surface area contributed by atoms with Crippen LogP contribution in [-0.2, 0) is 6.42 Å². The van der Waals surface area contributed by atoms with Gasteiger partial charge >= 0.3 is 0 Å². The number of rotatable bonds is 4. The maximum atomic E-state index is 5.77. The molecule has 6 heteroatoms. The van der Waals surface area contributed by atoms with Crippen molar-refractivity contribution in [1.29, 1.82) is 0 Å². The standard InChI is InChI=1S/C15H16N4S2/c1-3-4-10-14-11(19-15(16)18-10)6-5-9(17-14)12-7-8-13(20-2)21-12/h5-8H,3-4H2,1-2H3,(H2,16,18,19). The number of hydrogen-bond donors (Lipinski definition) is 1. The smallest absolute Gasteiger partial charge is 0.220 e. The molecule has 108 valence electrons. The summed E-state index contributed by atoms with van der Waals surface area (Å²) in [7, 11) is 0. The maximum absolute atomic E-state index is 5.77. The first-order valence-electron chi connectivity index (χ1n) is 6.78. The van der Waals surface area contributed by atoms with Gasteiger partial charge in [-0.1, -0.05) is 13.3 Å². The van der Waals surface area contributed by atoms with Crippen molar-refractivity contribution in [2.75, 3.05) is 12.0 Å². The lowest BCUT2D eigenvalue weighted by Gasteiger charge is -2.06. The molecule has 3 aromatic rings. The highest BCUT2D eigenvalue weighted by Gasteiger charge is 2.10. The van der Waals surface area contributed by atoms with Crippen LogP contribution < -0.4 is 5.73 Å². The number of anilines is 1. The van der Waals surface area contributed by atoms with E-state index < -0.39 is 0 Å². The quantitative estimate of drug-likeness (QED) is 0.737. The number of aryl methyl sites for hydroxylation is 1. The van der Waals surface area contributed by atoms with E-state index in [2.05, 4.69) is 35.3 Å². The second kappa shape index (κ2) is 5.99. The van der Waals surface area contributed by atoms with Crippen LogP contribution >= 0.6 is 23.1 Å². The Hall–Kier alpha value is -1.66. The summed E-state index contributed by atoms with van der Waals surface area (Å²) in [5, 5.41) is 0. The van der Waals surface area contributed by atoms with Crippen LogP contribution in [0.4, 0.5) is 5.95 Å². The molecule has 0 unspecified atom stereocenters. The first-order chi connectivity index (χ1) is 10.2. The SMILES string of the molecule is CCCc1nc(N)nc2ccc(-c3ccc(SC)s3)nc12. The molecule has 3 rings (SSSR count). The van der Waals surface area contributed by atoms with E-state index in [-0.39, 0.29) is 0 Å². The van der Waals surface area contributed by atoms with E-state index in [4.69, 9.17) is 10.7 Å². The van der Waals surface area contributed by atoms with Gasteiger partial charge in [-0.25, -0.2) is 15.0 Å². The molecule has 0 aromatic carbocycles. The summed E-state index contributed by atoms with van der Waals surface area (Å²) >= 11 is 3.50. The Labute approximate surface area is 131 Å². The Bertz CT molecular complexity index is 782. The van der Waals surface area contributed by atoms with Gasteiger partial charge < -0.3 is 5.73 Å². The molecule has 3 heterocycles. The number of pyridine rings is 1. The van der Waals surface area contributed by atoms with Crippen LogP contribution in [0, 0.1) is 0 Å². The largest absolute Gasteiger partial charge is 0.368 e. The van der Waals surface area contributed by atoms with E-state index >= 15 is 0 Å². The number of fused-ring (bicyclic) bond motifs is 1. The summed E-state index contributed by atoms with van der Waals surface area (Å²) in [5.41, 5.74) is 9.36. The van der Waals surface area contributed by atoms with Crippen molar-refractivity contribution >= 4 is 40.1 Å². The third kappa shape index (κ3) is 2.87. The van der Waals surface area contributed by atoms with Crippen molar-refractivity contribution in [2.24, 2.45) is 0 Å². The molecule has 0 bridgehead atoms. The first kappa shape index (κ1) is 14.3. The van der Waals surface area contributed by atoms with Crippen molar-refractivity contribution in [3.05, 3.63) is 30.0 Å². The van der Waals surface area contributed by atoms with Gasteiger partial charge in [0, 0.05) is 0 Å². The lowest BCUT2D eigenvalue weighted by Crippen LogP contribution is -2.02. The Kier molecular flexibility index (Phi) is 4.07. The Balaban J connectivity index is 2.13. The van der Waals surface area contributed by atoms with E-state index in [1.165, 1.54) is 9.09 Å². The molecular weight excluding hydrogens is 300 g/mol. The van der Waals surface area contributed by atoms with Gasteiger partial charge in [0.25, 0.3) is 0 Å². The van der Waals surface area contributed by atoms with Crippen molar-refractivity contribution in [3.63, 3.8) is 0 Å². The van der Waals surface area contributed by atoms with Crippen molar-refractivity contribution in [3.8, 4) is 10.6 Å². The fraction of sp³-hybridized carbons (Fsp3) is 0.267. The number of aromatic nitrogens is 3. The lowest BCUT2D eigenvalue weighted by molar-refractivity contribution is 0.886. The molecule has 0 aliphatic carbocycles. The highest BCUT2D eigenvalue weighted by Crippen LogP contribution is 2.32. The van der Waals surface area contributed by atoms with Gasteiger partial charge in [-0.05, 0) is 36.9 Å². The Morgan fingerprint density at radius 1 is 1.14 bits per heavy atom. The topological polar surface area (TPSA) is 64.7 Å². The number of hydrogen-bond acceptors (Lipinski definition) is 6. The number of nitrogens with two attached hydrogens (primary N) is 1. The minimum atomic E-state index is 0.321. The van der Waals surface area contributed by atoms with Crippen LogP contribution in [0.5, 0.6) is 0 Å². The zero-order valence-corrected chi connectivity index (χ0v) is 13.6. The van der Waals surface area contributed by atoms with Gasteiger partial charge in [0.05, 0.1) is 26.0 Å². The molecule has 21 heavy (non-hydrogen) atoms. The van der Waals surface area contributed by atoms with Crippen LogP contribution in [0.3, 0.4) is 0 Å². The van der Waals surface area contributed by atoms with Crippen LogP contribution in [0.1, 0.15) is 19.0 Å². The minimum Gasteiger partial charge on any atom is -0.368 e. The number of thioether (sulfide) groups is 1. The monoisotopic (exact) mass is 316 g/mol.